The van der Waals surface area contributed by atoms with E-state index in [-0.39, 0.29) is 22.0 Å². The number of carbonyl (C=O) groups is 1. The van der Waals surface area contributed by atoms with Crippen molar-refractivity contribution in [2.75, 3.05) is 6.26 Å². The quantitative estimate of drug-likeness (QED) is 0.577. The first-order valence-electron chi connectivity index (χ1n) is 11.9. The Hall–Kier alpha value is -1.27. The van der Waals surface area contributed by atoms with Crippen LogP contribution in [0.3, 0.4) is 0 Å². The second-order valence-corrected chi connectivity index (χ2v) is 14.5. The Morgan fingerprint density at radius 1 is 1.09 bits per heavy atom. The molecule has 0 aromatic heterocycles. The number of ether oxygens (including phenoxy) is 1. The lowest BCUT2D eigenvalue weighted by atomic mass is 9.48. The summed E-state index contributed by atoms with van der Waals surface area (Å²) in [5.41, 5.74) is 0.398. The number of sulfone groups is 1. The van der Waals surface area contributed by atoms with E-state index < -0.39 is 9.84 Å². The van der Waals surface area contributed by atoms with Crippen molar-refractivity contribution in [2.24, 2.45) is 34.5 Å². The van der Waals surface area contributed by atoms with E-state index in [1.54, 1.807) is 36.0 Å². The van der Waals surface area contributed by atoms with E-state index in [4.69, 9.17) is 4.74 Å². The van der Waals surface area contributed by atoms with Crippen LogP contribution in [0.25, 0.3) is 0 Å². The summed E-state index contributed by atoms with van der Waals surface area (Å²) in [7, 11) is -3.20. The van der Waals surface area contributed by atoms with Gasteiger partial charge in [-0.25, -0.2) is 8.42 Å². The van der Waals surface area contributed by atoms with Crippen LogP contribution in [-0.4, -0.2) is 31.1 Å². The van der Waals surface area contributed by atoms with Crippen LogP contribution < -0.4 is 4.74 Å². The predicted molar refractivity (Wildman–Crippen MR) is 128 cm³/mol. The lowest BCUT2D eigenvalue weighted by Gasteiger charge is -2.59. The molecule has 4 aliphatic rings. The number of hydrogen-bond acceptors (Lipinski definition) is 5. The van der Waals surface area contributed by atoms with Gasteiger partial charge in [-0.05, 0) is 91.5 Å². The van der Waals surface area contributed by atoms with Gasteiger partial charge in [0.15, 0.2) is 9.84 Å². The third-order valence-electron chi connectivity index (χ3n) is 9.19. The molecule has 5 rings (SSSR count). The van der Waals surface area contributed by atoms with Crippen molar-refractivity contribution in [2.45, 2.75) is 69.1 Å². The van der Waals surface area contributed by atoms with Gasteiger partial charge in [0.1, 0.15) is 5.75 Å². The van der Waals surface area contributed by atoms with Gasteiger partial charge >= 0.3 is 0 Å². The van der Waals surface area contributed by atoms with Crippen LogP contribution in [0.15, 0.2) is 41.3 Å². The fraction of sp³-hybridized carbons (Fsp3) is 0.654. The first kappa shape index (κ1) is 22.5. The molecule has 174 valence electrons. The van der Waals surface area contributed by atoms with Crippen LogP contribution in [0.4, 0.5) is 0 Å². The third kappa shape index (κ3) is 3.66. The summed E-state index contributed by atoms with van der Waals surface area (Å²) in [5, 5.41) is 0.623. The minimum atomic E-state index is -3.20. The van der Waals surface area contributed by atoms with Gasteiger partial charge in [-0.15, -0.1) is 0 Å². The standard InChI is InChI=1S/C26H34O4S2/c1-16-13-22-26(3,12-10-23(27)31-22)20-9-11-25(2)15-18(14-21(25)24(16)20)30-17-5-7-19(8-6-17)32(4,28)29/h5-8,10,12,16,18,20-22,24H,9,11,13-15H2,1-4H3/t16-,18-,20-,21-,22+,24+,25+,26+/m0/s1. The zero-order valence-electron chi connectivity index (χ0n) is 19.4. The second kappa shape index (κ2) is 7.63. The molecule has 0 unspecified atom stereocenters. The van der Waals surface area contributed by atoms with Crippen molar-refractivity contribution in [3.63, 3.8) is 0 Å². The van der Waals surface area contributed by atoms with E-state index in [0.717, 1.165) is 25.0 Å². The van der Waals surface area contributed by atoms with E-state index in [2.05, 4.69) is 26.8 Å². The molecule has 1 aromatic rings. The summed E-state index contributed by atoms with van der Waals surface area (Å²) < 4.78 is 29.9. The lowest BCUT2D eigenvalue weighted by Crippen LogP contribution is -2.55. The summed E-state index contributed by atoms with van der Waals surface area (Å²) in [6.45, 7) is 7.26. The van der Waals surface area contributed by atoms with E-state index in [1.807, 2.05) is 6.08 Å². The summed E-state index contributed by atoms with van der Waals surface area (Å²) in [5.74, 6) is 3.29. The van der Waals surface area contributed by atoms with Crippen LogP contribution in [0.1, 0.15) is 52.9 Å². The molecule has 3 saturated carbocycles. The molecule has 0 N–H and O–H groups in total. The Balaban J connectivity index is 1.37. The van der Waals surface area contributed by atoms with Crippen molar-refractivity contribution in [1.82, 2.24) is 0 Å². The van der Waals surface area contributed by atoms with Crippen molar-refractivity contribution in [1.29, 1.82) is 0 Å². The Kier molecular flexibility index (Phi) is 5.37. The molecule has 0 spiro atoms. The van der Waals surface area contributed by atoms with Gasteiger partial charge in [0.2, 0.25) is 5.12 Å². The van der Waals surface area contributed by atoms with Gasteiger partial charge < -0.3 is 4.74 Å². The molecular weight excluding hydrogens is 440 g/mol. The molecule has 6 heteroatoms. The van der Waals surface area contributed by atoms with Crippen LogP contribution in [-0.2, 0) is 14.6 Å². The Bertz CT molecular complexity index is 1050. The zero-order chi connectivity index (χ0) is 22.9. The molecule has 0 saturated heterocycles. The number of allylic oxidation sites excluding steroid dienone is 1. The van der Waals surface area contributed by atoms with Gasteiger partial charge in [-0.3, -0.25) is 4.79 Å². The summed E-state index contributed by atoms with van der Waals surface area (Å²) in [6, 6.07) is 6.87. The number of rotatable bonds is 3. The maximum Gasteiger partial charge on any atom is 0.212 e. The van der Waals surface area contributed by atoms with Gasteiger partial charge in [0, 0.05) is 16.9 Å². The molecule has 4 nitrogen and oxygen atoms in total. The summed E-state index contributed by atoms with van der Waals surface area (Å²) in [4.78, 5) is 12.4. The molecule has 1 heterocycles. The topological polar surface area (TPSA) is 60.4 Å². The number of benzene rings is 1. The zero-order valence-corrected chi connectivity index (χ0v) is 21.0. The average Bonchev–Trinajstić information content (AvgIpc) is 3.05. The van der Waals surface area contributed by atoms with Crippen LogP contribution in [0.5, 0.6) is 5.75 Å². The van der Waals surface area contributed by atoms with E-state index in [0.29, 0.717) is 33.8 Å². The maximum atomic E-state index is 12.1. The van der Waals surface area contributed by atoms with Crippen LogP contribution in [0, 0.1) is 34.5 Å². The van der Waals surface area contributed by atoms with E-state index in [9.17, 15) is 13.2 Å². The van der Waals surface area contributed by atoms with Crippen molar-refractivity contribution >= 4 is 26.7 Å². The normalized spacial score (nSPS) is 43.3. The SMILES string of the molecule is C[C@H]1C[C@H]2SC(=O)C=C[C@]2(C)[C@H]2CC[C@]3(C)C[C@@H](Oc4ccc(S(C)(=O)=O)cc4)C[C@H]3[C@H]12. The van der Waals surface area contributed by atoms with Crippen molar-refractivity contribution in [3.8, 4) is 5.75 Å². The fourth-order valence-corrected chi connectivity index (χ4v) is 9.54. The predicted octanol–water partition coefficient (Wildman–Crippen LogP) is 5.52. The largest absolute Gasteiger partial charge is 0.490 e. The first-order chi connectivity index (χ1) is 15.0. The Morgan fingerprint density at radius 3 is 2.50 bits per heavy atom. The summed E-state index contributed by atoms with van der Waals surface area (Å²) >= 11 is 1.56. The Labute approximate surface area is 196 Å². The minimum Gasteiger partial charge on any atom is -0.490 e. The van der Waals surface area contributed by atoms with Gasteiger partial charge in [-0.1, -0.05) is 38.6 Å². The van der Waals surface area contributed by atoms with Gasteiger partial charge in [0.05, 0.1) is 11.0 Å². The molecule has 1 aromatic carbocycles. The second-order valence-electron chi connectivity index (χ2n) is 11.2. The van der Waals surface area contributed by atoms with Gasteiger partial charge in [-0.2, -0.15) is 0 Å². The number of carbonyl (C=O) groups excluding carboxylic acids is 1. The van der Waals surface area contributed by atoms with Crippen molar-refractivity contribution < 1.29 is 17.9 Å². The molecule has 0 amide bonds. The molecule has 0 bridgehead atoms. The lowest BCUT2D eigenvalue weighted by molar-refractivity contribution is -0.108. The molecule has 8 atom stereocenters. The van der Waals surface area contributed by atoms with Crippen LogP contribution >= 0.6 is 11.8 Å². The Morgan fingerprint density at radius 2 is 1.81 bits per heavy atom. The molecule has 3 fully saturated rings. The molecule has 1 aliphatic heterocycles. The highest BCUT2D eigenvalue weighted by molar-refractivity contribution is 8.14. The fourth-order valence-electron chi connectivity index (χ4n) is 7.58. The molecule has 3 aliphatic carbocycles. The third-order valence-corrected chi connectivity index (χ3v) is 11.7. The first-order valence-corrected chi connectivity index (χ1v) is 14.6. The number of fused-ring (bicyclic) bond motifs is 5. The van der Waals surface area contributed by atoms with E-state index >= 15 is 0 Å². The van der Waals surface area contributed by atoms with Crippen molar-refractivity contribution in [3.05, 3.63) is 36.4 Å². The average molecular weight is 475 g/mol. The van der Waals surface area contributed by atoms with Crippen LogP contribution in [0.2, 0.25) is 0 Å². The highest BCUT2D eigenvalue weighted by Crippen LogP contribution is 2.66. The smallest absolute Gasteiger partial charge is 0.212 e. The van der Waals surface area contributed by atoms with E-state index in [1.165, 1.54) is 19.1 Å². The molecular formula is C26H34O4S2. The monoisotopic (exact) mass is 474 g/mol. The minimum absolute atomic E-state index is 0.109. The highest BCUT2D eigenvalue weighted by atomic mass is 32.2. The maximum absolute atomic E-state index is 12.1. The number of thioether (sulfide) groups is 1. The summed E-state index contributed by atoms with van der Waals surface area (Å²) in [6.07, 6.45) is 11.1. The molecule has 32 heavy (non-hydrogen) atoms. The highest BCUT2D eigenvalue weighted by Gasteiger charge is 2.61. The number of hydrogen-bond donors (Lipinski definition) is 0. The molecule has 0 radical (unpaired) electrons. The van der Waals surface area contributed by atoms with Gasteiger partial charge in [0.25, 0.3) is 0 Å².